The summed E-state index contributed by atoms with van der Waals surface area (Å²) in [6.45, 7) is 0. The Morgan fingerprint density at radius 1 is 0.800 bits per heavy atom. The molecule has 0 unspecified atom stereocenters. The molecule has 0 spiro atoms. The number of pyridine rings is 1. The smallest absolute Gasteiger partial charge is 0.141 e. The van der Waals surface area contributed by atoms with Crippen LogP contribution in [0, 0.1) is 0 Å². The zero-order chi connectivity index (χ0) is 16.8. The third-order valence-electron chi connectivity index (χ3n) is 4.48. The van der Waals surface area contributed by atoms with Gasteiger partial charge in [0.05, 0.1) is 16.4 Å². The first-order valence-electron chi connectivity index (χ1n) is 8.15. The van der Waals surface area contributed by atoms with Crippen molar-refractivity contribution in [2.75, 3.05) is 5.32 Å². The van der Waals surface area contributed by atoms with Crippen LogP contribution >= 0.6 is 0 Å². The van der Waals surface area contributed by atoms with Crippen molar-refractivity contribution in [3.8, 4) is 5.75 Å². The van der Waals surface area contributed by atoms with Crippen LogP contribution in [-0.4, -0.2) is 15.1 Å². The fourth-order valence-electron chi connectivity index (χ4n) is 3.32. The number of nitrogens with zero attached hydrogens (tertiary/aromatic N) is 1. The number of aromatic nitrogens is 2. The lowest BCUT2D eigenvalue weighted by molar-refractivity contribution is 0.475. The highest BCUT2D eigenvalue weighted by Gasteiger charge is 2.14. The van der Waals surface area contributed by atoms with Crippen LogP contribution in [0.2, 0.25) is 0 Å². The molecule has 0 saturated carbocycles. The van der Waals surface area contributed by atoms with E-state index in [0.717, 1.165) is 44.2 Å². The number of hydrogen-bond acceptors (Lipinski definition) is 3. The van der Waals surface area contributed by atoms with E-state index in [1.807, 2.05) is 42.5 Å². The SMILES string of the molecule is Oc1ccc(Nc2nc3ccccc3c3[nH]c4ccccc4c23)cc1. The average molecular weight is 325 g/mol. The number of nitrogens with one attached hydrogen (secondary N) is 2. The monoisotopic (exact) mass is 325 g/mol. The maximum absolute atomic E-state index is 9.50. The third-order valence-corrected chi connectivity index (χ3v) is 4.48. The van der Waals surface area contributed by atoms with E-state index in [4.69, 9.17) is 4.98 Å². The Morgan fingerprint density at radius 2 is 1.52 bits per heavy atom. The van der Waals surface area contributed by atoms with E-state index >= 15 is 0 Å². The number of benzene rings is 3. The van der Waals surface area contributed by atoms with Crippen LogP contribution in [0.4, 0.5) is 11.5 Å². The number of aromatic amines is 1. The van der Waals surface area contributed by atoms with Gasteiger partial charge in [-0.1, -0.05) is 36.4 Å². The molecule has 2 heterocycles. The van der Waals surface area contributed by atoms with Crippen LogP contribution in [0.3, 0.4) is 0 Å². The van der Waals surface area contributed by atoms with Crippen LogP contribution in [-0.2, 0) is 0 Å². The second kappa shape index (κ2) is 5.24. The summed E-state index contributed by atoms with van der Waals surface area (Å²) in [5.74, 6) is 1.05. The number of H-pyrrole nitrogens is 1. The third kappa shape index (κ3) is 2.19. The van der Waals surface area contributed by atoms with Gasteiger partial charge in [-0.25, -0.2) is 4.98 Å². The van der Waals surface area contributed by atoms with Crippen LogP contribution in [0.15, 0.2) is 72.8 Å². The van der Waals surface area contributed by atoms with E-state index in [9.17, 15) is 5.11 Å². The Bertz CT molecular complexity index is 1220. The summed E-state index contributed by atoms with van der Waals surface area (Å²) in [6, 6.07) is 23.4. The van der Waals surface area contributed by atoms with Crippen molar-refractivity contribution >= 4 is 44.2 Å². The predicted molar refractivity (Wildman–Crippen MR) is 102 cm³/mol. The predicted octanol–water partition coefficient (Wildman–Crippen LogP) is 5.32. The Morgan fingerprint density at radius 3 is 2.36 bits per heavy atom. The first-order chi connectivity index (χ1) is 12.3. The lowest BCUT2D eigenvalue weighted by atomic mass is 10.1. The number of phenols is 1. The Balaban J connectivity index is 1.84. The Kier molecular flexibility index (Phi) is 2.91. The number of rotatable bonds is 2. The normalized spacial score (nSPS) is 11.4. The second-order valence-electron chi connectivity index (χ2n) is 6.07. The van der Waals surface area contributed by atoms with Crippen LogP contribution in [0.5, 0.6) is 5.75 Å². The van der Waals surface area contributed by atoms with Gasteiger partial charge in [0.1, 0.15) is 11.6 Å². The molecule has 0 radical (unpaired) electrons. The summed E-state index contributed by atoms with van der Waals surface area (Å²) in [5.41, 5.74) is 3.98. The minimum atomic E-state index is 0.245. The van der Waals surface area contributed by atoms with Gasteiger partial charge in [-0.05, 0) is 36.4 Å². The largest absolute Gasteiger partial charge is 0.508 e. The summed E-state index contributed by atoms with van der Waals surface area (Å²) in [5, 5.41) is 16.2. The lowest BCUT2D eigenvalue weighted by Gasteiger charge is -2.10. The molecule has 0 bridgehead atoms. The highest BCUT2D eigenvalue weighted by atomic mass is 16.3. The van der Waals surface area contributed by atoms with E-state index < -0.39 is 0 Å². The van der Waals surface area contributed by atoms with Crippen molar-refractivity contribution < 1.29 is 5.11 Å². The molecule has 0 atom stereocenters. The minimum absolute atomic E-state index is 0.245. The molecule has 0 fully saturated rings. The highest BCUT2D eigenvalue weighted by molar-refractivity contribution is 6.20. The molecule has 4 nitrogen and oxygen atoms in total. The molecule has 120 valence electrons. The number of anilines is 2. The van der Waals surface area contributed by atoms with Gasteiger partial charge in [0.25, 0.3) is 0 Å². The summed E-state index contributed by atoms with van der Waals surface area (Å²) in [6.07, 6.45) is 0. The van der Waals surface area contributed by atoms with Gasteiger partial charge in [0, 0.05) is 22.0 Å². The molecule has 4 heteroatoms. The summed E-state index contributed by atoms with van der Waals surface area (Å²) in [4.78, 5) is 8.39. The van der Waals surface area contributed by atoms with Gasteiger partial charge in [0.15, 0.2) is 0 Å². The number of hydrogen-bond donors (Lipinski definition) is 3. The zero-order valence-corrected chi connectivity index (χ0v) is 13.3. The molecular formula is C21H15N3O. The lowest BCUT2D eigenvalue weighted by Crippen LogP contribution is -1.95. The van der Waals surface area contributed by atoms with Gasteiger partial charge >= 0.3 is 0 Å². The molecule has 25 heavy (non-hydrogen) atoms. The van der Waals surface area contributed by atoms with Gasteiger partial charge in [-0.3, -0.25) is 0 Å². The van der Waals surface area contributed by atoms with Crippen molar-refractivity contribution in [2.45, 2.75) is 0 Å². The quantitative estimate of drug-likeness (QED) is 0.385. The second-order valence-corrected chi connectivity index (χ2v) is 6.07. The Hall–Kier alpha value is -3.53. The molecule has 0 aliphatic heterocycles. The van der Waals surface area contributed by atoms with Gasteiger partial charge in [-0.2, -0.15) is 0 Å². The van der Waals surface area contributed by atoms with Crippen molar-refractivity contribution in [2.24, 2.45) is 0 Å². The first kappa shape index (κ1) is 13.9. The molecular weight excluding hydrogens is 310 g/mol. The van der Waals surface area contributed by atoms with Crippen LogP contribution in [0.1, 0.15) is 0 Å². The fourth-order valence-corrected chi connectivity index (χ4v) is 3.32. The highest BCUT2D eigenvalue weighted by Crippen LogP contribution is 2.36. The molecule has 0 aliphatic rings. The van der Waals surface area contributed by atoms with E-state index in [1.54, 1.807) is 12.1 Å². The Labute approximate surface area is 143 Å². The van der Waals surface area contributed by atoms with E-state index in [1.165, 1.54) is 0 Å². The topological polar surface area (TPSA) is 60.9 Å². The molecule has 5 rings (SSSR count). The van der Waals surface area contributed by atoms with Gasteiger partial charge in [-0.15, -0.1) is 0 Å². The molecule has 0 aliphatic carbocycles. The average Bonchev–Trinajstić information content (AvgIpc) is 3.04. The molecule has 3 N–H and O–H groups in total. The minimum Gasteiger partial charge on any atom is -0.508 e. The zero-order valence-electron chi connectivity index (χ0n) is 13.3. The maximum Gasteiger partial charge on any atom is 0.141 e. The van der Waals surface area contributed by atoms with E-state index in [2.05, 4.69) is 28.5 Å². The maximum atomic E-state index is 9.50. The van der Waals surface area contributed by atoms with Crippen molar-refractivity contribution in [3.63, 3.8) is 0 Å². The summed E-state index contributed by atoms with van der Waals surface area (Å²) in [7, 11) is 0. The molecule has 2 aromatic heterocycles. The molecule has 3 aromatic carbocycles. The van der Waals surface area contributed by atoms with Gasteiger partial charge in [0.2, 0.25) is 0 Å². The van der Waals surface area contributed by atoms with E-state index in [0.29, 0.717) is 0 Å². The number of fused-ring (bicyclic) bond motifs is 5. The summed E-state index contributed by atoms with van der Waals surface area (Å²) < 4.78 is 0. The molecule has 0 saturated heterocycles. The van der Waals surface area contributed by atoms with E-state index in [-0.39, 0.29) is 5.75 Å². The number of para-hydroxylation sites is 2. The summed E-state index contributed by atoms with van der Waals surface area (Å²) >= 11 is 0. The first-order valence-corrected chi connectivity index (χ1v) is 8.15. The van der Waals surface area contributed by atoms with Crippen LogP contribution < -0.4 is 5.32 Å². The van der Waals surface area contributed by atoms with Crippen LogP contribution in [0.25, 0.3) is 32.7 Å². The van der Waals surface area contributed by atoms with Crippen molar-refractivity contribution in [1.29, 1.82) is 0 Å². The van der Waals surface area contributed by atoms with Crippen molar-refractivity contribution in [1.82, 2.24) is 9.97 Å². The standard InChI is InChI=1S/C21H15N3O/c25-14-11-9-13(10-12-14)22-21-19-15-5-1-3-7-17(15)23-20(19)16-6-2-4-8-18(16)24-21/h1-12,23,25H,(H,22,24). The molecule has 5 aromatic rings. The molecule has 0 amide bonds. The number of phenolic OH excluding ortho intramolecular Hbond substituents is 1. The number of aromatic hydroxyl groups is 1. The van der Waals surface area contributed by atoms with Gasteiger partial charge < -0.3 is 15.4 Å². The van der Waals surface area contributed by atoms with Crippen molar-refractivity contribution in [3.05, 3.63) is 72.8 Å². The fraction of sp³-hybridized carbons (Fsp3) is 0.